The third-order valence-electron chi connectivity index (χ3n) is 3.19. The van der Waals surface area contributed by atoms with E-state index in [1.165, 1.54) is 23.0 Å². The molecule has 1 aromatic heterocycles. The van der Waals surface area contributed by atoms with Crippen molar-refractivity contribution in [1.82, 2.24) is 9.88 Å². The van der Waals surface area contributed by atoms with Crippen LogP contribution >= 0.6 is 15.9 Å². The van der Waals surface area contributed by atoms with Crippen molar-refractivity contribution in [2.24, 2.45) is 0 Å². The number of nitrogens with zero attached hydrogens (tertiary/aromatic N) is 1. The molecule has 1 saturated heterocycles. The van der Waals surface area contributed by atoms with Crippen LogP contribution in [0.4, 0.5) is 0 Å². The number of halogens is 1. The minimum Gasteiger partial charge on any atom is -0.340 e. The maximum atomic E-state index is 3.63. The first-order valence-electron chi connectivity index (χ1n) is 5.76. The van der Waals surface area contributed by atoms with Crippen molar-refractivity contribution in [1.29, 1.82) is 0 Å². The molecule has 0 bridgehead atoms. The molecule has 2 rings (SSSR count). The molecule has 1 aromatic rings. The van der Waals surface area contributed by atoms with E-state index in [1.807, 2.05) is 0 Å². The van der Waals surface area contributed by atoms with Gasteiger partial charge >= 0.3 is 0 Å². The summed E-state index contributed by atoms with van der Waals surface area (Å²) in [7, 11) is 0. The van der Waals surface area contributed by atoms with Gasteiger partial charge in [0.05, 0.1) is 4.60 Å². The van der Waals surface area contributed by atoms with Gasteiger partial charge in [-0.05, 0) is 73.3 Å². The molecule has 0 saturated carbocycles. The van der Waals surface area contributed by atoms with Crippen LogP contribution in [-0.2, 0) is 0 Å². The first kappa shape index (κ1) is 11.2. The highest BCUT2D eigenvalue weighted by Gasteiger charge is 2.17. The highest BCUT2D eigenvalue weighted by Crippen LogP contribution is 2.30. The third-order valence-corrected chi connectivity index (χ3v) is 3.83. The Labute approximate surface area is 100 Å². The van der Waals surface area contributed by atoms with Gasteiger partial charge in [-0.25, -0.2) is 0 Å². The van der Waals surface area contributed by atoms with Crippen molar-refractivity contribution in [3.8, 4) is 0 Å². The van der Waals surface area contributed by atoms with Crippen LogP contribution in [0, 0.1) is 0 Å². The van der Waals surface area contributed by atoms with E-state index in [-0.39, 0.29) is 0 Å². The third kappa shape index (κ3) is 2.45. The molecule has 1 fully saturated rings. The molecule has 0 atom stereocenters. The van der Waals surface area contributed by atoms with Crippen LogP contribution in [0.5, 0.6) is 0 Å². The summed E-state index contributed by atoms with van der Waals surface area (Å²) in [5.74, 6) is 0.752. The molecule has 1 N–H and O–H groups in total. The van der Waals surface area contributed by atoms with E-state index in [1.54, 1.807) is 0 Å². The van der Waals surface area contributed by atoms with Gasteiger partial charge < -0.3 is 9.88 Å². The minimum atomic E-state index is 0.537. The smallest absolute Gasteiger partial charge is 0.0851 e. The Hall–Kier alpha value is -0.280. The molecular formula is C12H19BrN2. The molecule has 0 aromatic carbocycles. The van der Waals surface area contributed by atoms with Crippen molar-refractivity contribution in [3.63, 3.8) is 0 Å². The summed E-state index contributed by atoms with van der Waals surface area (Å²) in [4.78, 5) is 0. The van der Waals surface area contributed by atoms with Gasteiger partial charge in [-0.15, -0.1) is 0 Å². The average Bonchev–Trinajstić information content (AvgIpc) is 2.62. The number of nitrogens with one attached hydrogen (secondary N) is 1. The second kappa shape index (κ2) is 4.71. The Morgan fingerprint density at radius 3 is 2.60 bits per heavy atom. The van der Waals surface area contributed by atoms with E-state index in [2.05, 4.69) is 51.9 Å². The van der Waals surface area contributed by atoms with Gasteiger partial charge in [0, 0.05) is 12.2 Å². The summed E-state index contributed by atoms with van der Waals surface area (Å²) < 4.78 is 3.52. The van der Waals surface area contributed by atoms with Crippen molar-refractivity contribution in [3.05, 3.63) is 22.4 Å². The number of rotatable bonds is 2. The molecule has 84 valence electrons. The number of hydrogen-bond donors (Lipinski definition) is 1. The molecule has 2 nitrogen and oxygen atoms in total. The van der Waals surface area contributed by atoms with Crippen LogP contribution in [0.2, 0.25) is 0 Å². The van der Waals surface area contributed by atoms with Crippen LogP contribution < -0.4 is 5.32 Å². The normalized spacial score (nSPS) is 18.7. The molecule has 3 heteroatoms. The fourth-order valence-corrected chi connectivity index (χ4v) is 3.02. The summed E-state index contributed by atoms with van der Waals surface area (Å²) in [5, 5.41) is 3.41. The molecule has 1 aliphatic heterocycles. The molecule has 0 amide bonds. The zero-order valence-corrected chi connectivity index (χ0v) is 11.0. The average molecular weight is 271 g/mol. The van der Waals surface area contributed by atoms with Gasteiger partial charge in [0.1, 0.15) is 0 Å². The van der Waals surface area contributed by atoms with Gasteiger partial charge in [-0.2, -0.15) is 0 Å². The lowest BCUT2D eigenvalue weighted by atomic mass is 9.92. The summed E-state index contributed by atoms with van der Waals surface area (Å²) in [6.45, 7) is 6.76. The second-order valence-corrected chi connectivity index (χ2v) is 5.43. The van der Waals surface area contributed by atoms with Crippen molar-refractivity contribution < 1.29 is 0 Å². The Morgan fingerprint density at radius 1 is 1.40 bits per heavy atom. The summed E-state index contributed by atoms with van der Waals surface area (Å²) >= 11 is 3.63. The largest absolute Gasteiger partial charge is 0.340 e. The quantitative estimate of drug-likeness (QED) is 0.873. The number of hydrogen-bond acceptors (Lipinski definition) is 1. The van der Waals surface area contributed by atoms with Crippen LogP contribution in [0.3, 0.4) is 0 Å². The minimum absolute atomic E-state index is 0.537. The Balaban J connectivity index is 2.17. The zero-order chi connectivity index (χ0) is 10.8. The number of piperidine rings is 1. The number of aromatic nitrogens is 1. The molecule has 2 heterocycles. The molecule has 0 spiro atoms. The van der Waals surface area contributed by atoms with Crippen LogP contribution in [0.1, 0.15) is 44.2 Å². The van der Waals surface area contributed by atoms with E-state index in [0.29, 0.717) is 6.04 Å². The van der Waals surface area contributed by atoms with E-state index >= 15 is 0 Å². The molecule has 15 heavy (non-hydrogen) atoms. The fourth-order valence-electron chi connectivity index (χ4n) is 2.25. The van der Waals surface area contributed by atoms with E-state index in [0.717, 1.165) is 19.0 Å². The van der Waals surface area contributed by atoms with E-state index in [4.69, 9.17) is 0 Å². The van der Waals surface area contributed by atoms with Gasteiger partial charge in [-0.1, -0.05) is 0 Å². The van der Waals surface area contributed by atoms with Gasteiger partial charge in [0.15, 0.2) is 0 Å². The summed E-state index contributed by atoms with van der Waals surface area (Å²) in [5.41, 5.74) is 1.50. The van der Waals surface area contributed by atoms with Gasteiger partial charge in [0.25, 0.3) is 0 Å². The topological polar surface area (TPSA) is 17.0 Å². The predicted octanol–water partition coefficient (Wildman–Crippen LogP) is 3.30. The Bertz CT molecular complexity index is 324. The highest BCUT2D eigenvalue weighted by molar-refractivity contribution is 9.10. The fraction of sp³-hybridized carbons (Fsp3) is 0.667. The maximum Gasteiger partial charge on any atom is 0.0851 e. The van der Waals surface area contributed by atoms with E-state index in [9.17, 15) is 0 Å². The van der Waals surface area contributed by atoms with Gasteiger partial charge in [0.2, 0.25) is 0 Å². The summed E-state index contributed by atoms with van der Waals surface area (Å²) in [6.07, 6.45) is 4.85. The molecule has 0 aliphatic carbocycles. The molecular weight excluding hydrogens is 252 g/mol. The van der Waals surface area contributed by atoms with Crippen molar-refractivity contribution in [2.75, 3.05) is 13.1 Å². The lowest BCUT2D eigenvalue weighted by Crippen LogP contribution is -2.26. The van der Waals surface area contributed by atoms with E-state index < -0.39 is 0 Å². The Kier molecular flexibility index (Phi) is 3.52. The van der Waals surface area contributed by atoms with Crippen LogP contribution in [0.25, 0.3) is 0 Å². The predicted molar refractivity (Wildman–Crippen MR) is 67.4 cm³/mol. The SMILES string of the molecule is CC(C)n1cc(C2CCNCC2)cc1Br. The highest BCUT2D eigenvalue weighted by atomic mass is 79.9. The first-order valence-corrected chi connectivity index (χ1v) is 6.55. The lowest BCUT2D eigenvalue weighted by molar-refractivity contribution is 0.459. The molecule has 0 radical (unpaired) electrons. The second-order valence-electron chi connectivity index (χ2n) is 4.62. The van der Waals surface area contributed by atoms with Crippen LogP contribution in [-0.4, -0.2) is 17.7 Å². The van der Waals surface area contributed by atoms with Crippen LogP contribution in [0.15, 0.2) is 16.9 Å². The first-order chi connectivity index (χ1) is 7.18. The van der Waals surface area contributed by atoms with Gasteiger partial charge in [-0.3, -0.25) is 0 Å². The monoisotopic (exact) mass is 270 g/mol. The molecule has 0 unspecified atom stereocenters. The Morgan fingerprint density at radius 2 is 2.07 bits per heavy atom. The molecule has 1 aliphatic rings. The van der Waals surface area contributed by atoms with Crippen molar-refractivity contribution >= 4 is 15.9 Å². The van der Waals surface area contributed by atoms with Crippen molar-refractivity contribution in [2.45, 2.75) is 38.6 Å². The maximum absolute atomic E-state index is 3.63. The standard InChI is InChI=1S/C12H19BrN2/c1-9(2)15-8-11(7-12(15)13)10-3-5-14-6-4-10/h7-10,14H,3-6H2,1-2H3. The zero-order valence-electron chi connectivity index (χ0n) is 9.46. The lowest BCUT2D eigenvalue weighted by Gasteiger charge is -2.21. The summed E-state index contributed by atoms with van der Waals surface area (Å²) in [6, 6.07) is 2.82.